The topological polar surface area (TPSA) is 87.3 Å². The Morgan fingerprint density at radius 3 is 2.52 bits per heavy atom. The highest BCUT2D eigenvalue weighted by atomic mass is 35.5. The van der Waals surface area contributed by atoms with E-state index in [4.69, 9.17) is 11.6 Å². The molecule has 0 aromatic heterocycles. The van der Waals surface area contributed by atoms with Crippen LogP contribution >= 0.6 is 11.6 Å². The fourth-order valence-corrected chi connectivity index (χ4v) is 6.12. The van der Waals surface area contributed by atoms with Crippen LogP contribution in [0.1, 0.15) is 24.0 Å². The van der Waals surface area contributed by atoms with Gasteiger partial charge in [-0.1, -0.05) is 23.7 Å². The Hall–Kier alpha value is -2.14. The van der Waals surface area contributed by atoms with Crippen LogP contribution in [-0.2, 0) is 27.4 Å². The number of halogens is 4. The maximum atomic E-state index is 12.8. The van der Waals surface area contributed by atoms with Gasteiger partial charge in [0.1, 0.15) is 0 Å². The van der Waals surface area contributed by atoms with Crippen LogP contribution in [0.3, 0.4) is 0 Å². The van der Waals surface area contributed by atoms with Crippen molar-refractivity contribution < 1.29 is 26.4 Å². The molecule has 0 aliphatic carbocycles. The van der Waals surface area contributed by atoms with E-state index < -0.39 is 31.5 Å². The third-order valence-corrected chi connectivity index (χ3v) is 8.38. The summed E-state index contributed by atoms with van der Waals surface area (Å²) in [5, 5.41) is 9.09. The van der Waals surface area contributed by atoms with E-state index >= 15 is 0 Å². The summed E-state index contributed by atoms with van der Waals surface area (Å²) < 4.78 is 64.2. The first kappa shape index (κ1) is 24.0. The molecule has 4 rings (SSSR count). The molecule has 3 atom stereocenters. The number of hydrogen-bond donors (Lipinski definition) is 3. The van der Waals surface area contributed by atoms with E-state index in [1.54, 1.807) is 12.1 Å². The normalized spacial score (nSPS) is 23.2. The molecule has 178 valence electrons. The molecular weight excluding hydrogens is 479 g/mol. The molecule has 6 nitrogen and oxygen atoms in total. The minimum Gasteiger partial charge on any atom is -0.351 e. The zero-order valence-electron chi connectivity index (χ0n) is 17.5. The predicted octanol–water partition coefficient (Wildman–Crippen LogP) is 3.15. The molecule has 3 unspecified atom stereocenters. The first-order valence-electron chi connectivity index (χ1n) is 10.5. The summed E-state index contributed by atoms with van der Waals surface area (Å²) in [6.07, 6.45) is -2.86. The van der Waals surface area contributed by atoms with Crippen LogP contribution in [0.4, 0.5) is 13.2 Å². The zero-order chi connectivity index (χ0) is 23.8. The third kappa shape index (κ3) is 5.18. The molecule has 0 radical (unpaired) electrons. The summed E-state index contributed by atoms with van der Waals surface area (Å²) in [6.45, 7) is 2.07. The average molecular weight is 502 g/mol. The number of rotatable bonds is 5. The van der Waals surface area contributed by atoms with Crippen LogP contribution in [-0.4, -0.2) is 39.5 Å². The van der Waals surface area contributed by atoms with Crippen molar-refractivity contribution in [3.05, 3.63) is 58.6 Å². The van der Waals surface area contributed by atoms with Gasteiger partial charge in [-0.05, 0) is 67.7 Å². The highest BCUT2D eigenvalue weighted by molar-refractivity contribution is 7.91. The summed E-state index contributed by atoms with van der Waals surface area (Å²) in [5.41, 5.74) is -0.331. The Morgan fingerprint density at radius 1 is 1.15 bits per heavy atom. The van der Waals surface area contributed by atoms with E-state index in [0.29, 0.717) is 29.7 Å². The predicted molar refractivity (Wildman–Crippen MR) is 116 cm³/mol. The number of carbonyl (C=O) groups is 1. The van der Waals surface area contributed by atoms with Gasteiger partial charge in [0.05, 0.1) is 26.4 Å². The van der Waals surface area contributed by atoms with Gasteiger partial charge in [-0.25, -0.2) is 8.42 Å². The maximum absolute atomic E-state index is 12.8. The van der Waals surface area contributed by atoms with Crippen LogP contribution in [0.5, 0.6) is 0 Å². The lowest BCUT2D eigenvalue weighted by Crippen LogP contribution is -2.45. The number of piperidine rings is 1. The number of amides is 1. The van der Waals surface area contributed by atoms with Crippen molar-refractivity contribution >= 4 is 27.3 Å². The van der Waals surface area contributed by atoms with E-state index in [0.717, 1.165) is 32.0 Å². The van der Waals surface area contributed by atoms with Crippen LogP contribution in [0, 0.1) is 5.92 Å². The zero-order valence-corrected chi connectivity index (χ0v) is 19.0. The van der Waals surface area contributed by atoms with Crippen LogP contribution in [0.15, 0.2) is 52.3 Å². The first-order chi connectivity index (χ1) is 15.6. The Kier molecular flexibility index (Phi) is 6.73. The van der Waals surface area contributed by atoms with Crippen molar-refractivity contribution in [1.29, 1.82) is 0 Å². The molecule has 0 spiro atoms. The minimum atomic E-state index is -4.62. The molecule has 2 heterocycles. The van der Waals surface area contributed by atoms with Gasteiger partial charge >= 0.3 is 6.18 Å². The number of benzene rings is 2. The van der Waals surface area contributed by atoms with E-state index in [9.17, 15) is 26.4 Å². The number of hydrogen-bond acceptors (Lipinski definition) is 5. The molecule has 2 aliphatic rings. The Bertz CT molecular complexity index is 1130. The summed E-state index contributed by atoms with van der Waals surface area (Å²) in [4.78, 5) is 12.0. The smallest absolute Gasteiger partial charge is 0.351 e. The number of carbonyl (C=O) groups excluding carboxylic acids is 1. The van der Waals surface area contributed by atoms with Crippen molar-refractivity contribution in [1.82, 2.24) is 16.0 Å². The van der Waals surface area contributed by atoms with E-state index in [-0.39, 0.29) is 23.4 Å². The summed E-state index contributed by atoms with van der Waals surface area (Å²) in [6, 6.07) is 8.04. The second-order valence-electron chi connectivity index (χ2n) is 8.32. The van der Waals surface area contributed by atoms with Gasteiger partial charge < -0.3 is 16.0 Å². The summed E-state index contributed by atoms with van der Waals surface area (Å²) in [7, 11) is -4.11. The standard InChI is InChI=1S/C22H23ClF3N3O3S/c23-17-10-15(22(24,25)26)3-6-20(17)33(31,32)16-4-1-13(2-5-16)11-28-21(30)19-9-14-12-27-8-7-18(14)29-19/h1-6,10,14,18-19,27,29H,7-9,11-12H2,(H,28,30). The molecule has 2 aliphatic heterocycles. The lowest BCUT2D eigenvalue weighted by atomic mass is 9.94. The average Bonchev–Trinajstić information content (AvgIpc) is 3.21. The second kappa shape index (κ2) is 9.25. The molecule has 2 saturated heterocycles. The largest absolute Gasteiger partial charge is 0.416 e. The molecule has 0 bridgehead atoms. The molecule has 11 heteroatoms. The fraction of sp³-hybridized carbons (Fsp3) is 0.409. The van der Waals surface area contributed by atoms with Gasteiger partial charge in [0, 0.05) is 12.6 Å². The molecule has 1 amide bonds. The maximum Gasteiger partial charge on any atom is 0.416 e. The van der Waals surface area contributed by atoms with Crippen LogP contribution < -0.4 is 16.0 Å². The molecule has 3 N–H and O–H groups in total. The van der Waals surface area contributed by atoms with Crippen molar-refractivity contribution in [3.8, 4) is 0 Å². The lowest BCUT2D eigenvalue weighted by molar-refractivity contribution is -0.137. The minimum absolute atomic E-state index is 0.0994. The van der Waals surface area contributed by atoms with E-state index in [1.165, 1.54) is 12.1 Å². The molecule has 2 aromatic carbocycles. The van der Waals surface area contributed by atoms with E-state index in [2.05, 4.69) is 16.0 Å². The van der Waals surface area contributed by atoms with Gasteiger partial charge in [-0.2, -0.15) is 13.2 Å². The lowest BCUT2D eigenvalue weighted by Gasteiger charge is -2.25. The fourth-order valence-electron chi connectivity index (χ4n) is 4.32. The van der Waals surface area contributed by atoms with Crippen molar-refractivity contribution in [3.63, 3.8) is 0 Å². The monoisotopic (exact) mass is 501 g/mol. The Labute approximate surface area is 194 Å². The first-order valence-corrected chi connectivity index (χ1v) is 12.4. The Morgan fingerprint density at radius 2 is 1.88 bits per heavy atom. The van der Waals surface area contributed by atoms with Crippen molar-refractivity contribution in [2.24, 2.45) is 5.92 Å². The van der Waals surface area contributed by atoms with Gasteiger partial charge in [-0.3, -0.25) is 4.79 Å². The van der Waals surface area contributed by atoms with Gasteiger partial charge in [0.15, 0.2) is 0 Å². The number of nitrogens with one attached hydrogen (secondary N) is 3. The van der Waals surface area contributed by atoms with Gasteiger partial charge in [0.2, 0.25) is 15.7 Å². The summed E-state index contributed by atoms with van der Waals surface area (Å²) in [5.74, 6) is 0.341. The third-order valence-electron chi connectivity index (χ3n) is 6.13. The summed E-state index contributed by atoms with van der Waals surface area (Å²) >= 11 is 5.86. The van der Waals surface area contributed by atoms with Gasteiger partial charge in [-0.15, -0.1) is 0 Å². The van der Waals surface area contributed by atoms with Crippen molar-refractivity contribution in [2.45, 2.75) is 47.4 Å². The molecule has 33 heavy (non-hydrogen) atoms. The van der Waals surface area contributed by atoms with Crippen molar-refractivity contribution in [2.75, 3.05) is 13.1 Å². The highest BCUT2D eigenvalue weighted by Gasteiger charge is 2.38. The molecule has 2 fully saturated rings. The van der Waals surface area contributed by atoms with Crippen LogP contribution in [0.25, 0.3) is 0 Å². The number of fused-ring (bicyclic) bond motifs is 1. The SMILES string of the molecule is O=C(NCc1ccc(S(=O)(=O)c2ccc(C(F)(F)F)cc2Cl)cc1)C1CC2CNCCC2N1. The quantitative estimate of drug-likeness (QED) is 0.586. The molecular formula is C22H23ClF3N3O3S. The second-order valence-corrected chi connectivity index (χ2v) is 10.6. The highest BCUT2D eigenvalue weighted by Crippen LogP contribution is 2.35. The molecule has 0 saturated carbocycles. The Balaban J connectivity index is 1.40. The van der Waals surface area contributed by atoms with Crippen LogP contribution in [0.2, 0.25) is 5.02 Å². The number of sulfone groups is 1. The van der Waals surface area contributed by atoms with E-state index in [1.807, 2.05) is 0 Å². The number of alkyl halides is 3. The molecule has 2 aromatic rings. The van der Waals surface area contributed by atoms with Gasteiger partial charge in [0.25, 0.3) is 0 Å².